The Kier molecular flexibility index (Phi) is 7.91. The highest BCUT2D eigenvalue weighted by Crippen LogP contribution is 2.16. The van der Waals surface area contributed by atoms with E-state index in [2.05, 4.69) is 6.92 Å². The van der Waals surface area contributed by atoms with Gasteiger partial charge in [-0.05, 0) is 19.3 Å². The maximum atomic E-state index is 11.0. The smallest absolute Gasteiger partial charge is 0.267 e. The van der Waals surface area contributed by atoms with Crippen molar-refractivity contribution in [2.24, 2.45) is 0 Å². The van der Waals surface area contributed by atoms with E-state index in [1.807, 2.05) is 0 Å². The summed E-state index contributed by atoms with van der Waals surface area (Å²) in [6.45, 7) is 2.06. The molecule has 3 N–H and O–H groups in total. The molecule has 0 saturated heterocycles. The average molecular weight is 254 g/mol. The molecule has 0 aliphatic carbocycles. The summed E-state index contributed by atoms with van der Waals surface area (Å²) < 4.78 is 31.0. The lowest BCUT2D eigenvalue weighted by Gasteiger charge is -2.14. The summed E-state index contributed by atoms with van der Waals surface area (Å²) in [4.78, 5) is 0. The van der Waals surface area contributed by atoms with Crippen molar-refractivity contribution in [3.05, 3.63) is 0 Å². The molecule has 6 heteroatoms. The zero-order chi connectivity index (χ0) is 12.6. The van der Waals surface area contributed by atoms with Crippen LogP contribution in [0, 0.1) is 0 Å². The second-order valence-corrected chi connectivity index (χ2v) is 5.74. The van der Waals surface area contributed by atoms with E-state index in [9.17, 15) is 8.42 Å². The highest BCUT2D eigenvalue weighted by atomic mass is 32.2. The minimum Gasteiger partial charge on any atom is -0.368 e. The summed E-state index contributed by atoms with van der Waals surface area (Å²) in [5.74, 6) is 0. The van der Waals surface area contributed by atoms with E-state index < -0.39 is 21.7 Å². The number of hydrogen-bond acceptors (Lipinski definition) is 4. The van der Waals surface area contributed by atoms with Crippen LogP contribution in [-0.4, -0.2) is 34.7 Å². The van der Waals surface area contributed by atoms with Gasteiger partial charge in [0.25, 0.3) is 10.1 Å². The molecule has 0 aromatic carbocycles. The fourth-order valence-electron chi connectivity index (χ4n) is 1.58. The quantitative estimate of drug-likeness (QED) is 0.327. The van der Waals surface area contributed by atoms with Crippen LogP contribution in [0.15, 0.2) is 0 Å². The zero-order valence-electron chi connectivity index (χ0n) is 9.67. The molecular weight excluding hydrogens is 232 g/mol. The third-order valence-electron chi connectivity index (χ3n) is 2.55. The Labute approximate surface area is 97.2 Å². The van der Waals surface area contributed by atoms with Gasteiger partial charge in [0.2, 0.25) is 0 Å². The van der Waals surface area contributed by atoms with Crippen LogP contribution in [0.2, 0.25) is 0 Å². The van der Waals surface area contributed by atoms with Crippen molar-refractivity contribution in [3.63, 3.8) is 0 Å². The molecular formula is C10H22O5S. The molecule has 0 saturated carbocycles. The standard InChI is InChI=1S/C10H22O5S/c1-2-3-4-5-6-9(16(13,14)15)7-8-10(11)12/h9-12H,2-8H2,1H3,(H,13,14,15). The molecule has 0 rings (SSSR count). The Morgan fingerprint density at radius 3 is 2.06 bits per heavy atom. The fourth-order valence-corrected chi connectivity index (χ4v) is 2.47. The van der Waals surface area contributed by atoms with Crippen molar-refractivity contribution in [3.8, 4) is 0 Å². The molecule has 0 radical (unpaired) electrons. The molecule has 1 atom stereocenters. The van der Waals surface area contributed by atoms with Gasteiger partial charge in [0, 0.05) is 0 Å². The Morgan fingerprint density at radius 2 is 1.62 bits per heavy atom. The van der Waals surface area contributed by atoms with E-state index in [4.69, 9.17) is 14.8 Å². The van der Waals surface area contributed by atoms with Gasteiger partial charge in [-0.15, -0.1) is 0 Å². The van der Waals surface area contributed by atoms with Crippen LogP contribution in [0.1, 0.15) is 51.9 Å². The molecule has 98 valence electrons. The Morgan fingerprint density at radius 1 is 1.00 bits per heavy atom. The molecule has 0 bridgehead atoms. The largest absolute Gasteiger partial charge is 0.368 e. The van der Waals surface area contributed by atoms with E-state index in [0.29, 0.717) is 6.42 Å². The lowest BCUT2D eigenvalue weighted by atomic mass is 10.1. The summed E-state index contributed by atoms with van der Waals surface area (Å²) in [7, 11) is -4.07. The average Bonchev–Trinajstić information content (AvgIpc) is 2.14. The van der Waals surface area contributed by atoms with E-state index in [0.717, 1.165) is 25.7 Å². The highest BCUT2D eigenvalue weighted by Gasteiger charge is 2.22. The van der Waals surface area contributed by atoms with Crippen molar-refractivity contribution < 1.29 is 23.2 Å². The molecule has 0 amide bonds. The molecule has 1 unspecified atom stereocenters. The van der Waals surface area contributed by atoms with Gasteiger partial charge in [-0.3, -0.25) is 4.55 Å². The summed E-state index contributed by atoms with van der Waals surface area (Å²) in [6, 6.07) is 0. The van der Waals surface area contributed by atoms with Crippen LogP contribution in [0.25, 0.3) is 0 Å². The van der Waals surface area contributed by atoms with Gasteiger partial charge in [0.1, 0.15) is 0 Å². The third kappa shape index (κ3) is 8.04. The van der Waals surface area contributed by atoms with Crippen LogP contribution in [0.4, 0.5) is 0 Å². The summed E-state index contributed by atoms with van der Waals surface area (Å²) >= 11 is 0. The maximum Gasteiger partial charge on any atom is 0.267 e. The van der Waals surface area contributed by atoms with Crippen LogP contribution < -0.4 is 0 Å². The first-order valence-electron chi connectivity index (χ1n) is 5.70. The van der Waals surface area contributed by atoms with Gasteiger partial charge < -0.3 is 10.2 Å². The van der Waals surface area contributed by atoms with Gasteiger partial charge in [-0.1, -0.05) is 32.6 Å². The predicted molar refractivity (Wildman–Crippen MR) is 61.6 cm³/mol. The van der Waals surface area contributed by atoms with E-state index in [1.165, 1.54) is 0 Å². The molecule has 0 aliphatic rings. The lowest BCUT2D eigenvalue weighted by molar-refractivity contribution is -0.0464. The fraction of sp³-hybridized carbons (Fsp3) is 1.00. The highest BCUT2D eigenvalue weighted by molar-refractivity contribution is 7.86. The summed E-state index contributed by atoms with van der Waals surface area (Å²) in [5.41, 5.74) is 0. The van der Waals surface area contributed by atoms with Gasteiger partial charge >= 0.3 is 0 Å². The van der Waals surface area contributed by atoms with Crippen molar-refractivity contribution >= 4 is 10.1 Å². The molecule has 0 fully saturated rings. The number of aliphatic hydroxyl groups is 2. The Bertz CT molecular complexity index is 260. The van der Waals surface area contributed by atoms with E-state index >= 15 is 0 Å². The van der Waals surface area contributed by atoms with Gasteiger partial charge in [0.15, 0.2) is 6.29 Å². The monoisotopic (exact) mass is 254 g/mol. The molecule has 0 heterocycles. The molecule has 0 aromatic heterocycles. The Hall–Kier alpha value is -0.170. The van der Waals surface area contributed by atoms with Crippen molar-refractivity contribution in [1.82, 2.24) is 0 Å². The SMILES string of the molecule is CCCCCCC(CCC(O)O)S(=O)(=O)O. The van der Waals surface area contributed by atoms with E-state index in [-0.39, 0.29) is 12.8 Å². The molecule has 5 nitrogen and oxygen atoms in total. The Balaban J connectivity index is 4.03. The van der Waals surface area contributed by atoms with Crippen LogP contribution in [0.5, 0.6) is 0 Å². The number of hydrogen-bond donors (Lipinski definition) is 3. The van der Waals surface area contributed by atoms with Crippen LogP contribution >= 0.6 is 0 Å². The number of unbranched alkanes of at least 4 members (excludes halogenated alkanes) is 3. The number of aliphatic hydroxyl groups excluding tert-OH is 1. The third-order valence-corrected chi connectivity index (χ3v) is 3.86. The second kappa shape index (κ2) is 8.00. The lowest BCUT2D eigenvalue weighted by Crippen LogP contribution is -2.22. The zero-order valence-corrected chi connectivity index (χ0v) is 10.5. The topological polar surface area (TPSA) is 94.8 Å². The molecule has 0 aromatic rings. The second-order valence-electron chi connectivity index (χ2n) is 4.04. The predicted octanol–water partition coefficient (Wildman–Crippen LogP) is 1.30. The first kappa shape index (κ1) is 15.8. The first-order valence-corrected chi connectivity index (χ1v) is 7.20. The molecule has 0 spiro atoms. The van der Waals surface area contributed by atoms with Gasteiger partial charge in [0.05, 0.1) is 5.25 Å². The molecule has 16 heavy (non-hydrogen) atoms. The minimum atomic E-state index is -4.07. The normalized spacial score (nSPS) is 14.3. The van der Waals surface area contributed by atoms with Crippen LogP contribution in [-0.2, 0) is 10.1 Å². The summed E-state index contributed by atoms with van der Waals surface area (Å²) in [5, 5.41) is 16.4. The first-order chi connectivity index (χ1) is 7.38. The van der Waals surface area contributed by atoms with Gasteiger partial charge in [-0.2, -0.15) is 8.42 Å². The van der Waals surface area contributed by atoms with Crippen molar-refractivity contribution in [1.29, 1.82) is 0 Å². The number of rotatable bonds is 9. The van der Waals surface area contributed by atoms with Crippen molar-refractivity contribution in [2.45, 2.75) is 63.4 Å². The van der Waals surface area contributed by atoms with E-state index in [1.54, 1.807) is 0 Å². The molecule has 0 aliphatic heterocycles. The minimum absolute atomic E-state index is 0.0295. The van der Waals surface area contributed by atoms with Crippen LogP contribution in [0.3, 0.4) is 0 Å². The van der Waals surface area contributed by atoms with Crippen molar-refractivity contribution in [2.75, 3.05) is 0 Å². The van der Waals surface area contributed by atoms with Gasteiger partial charge in [-0.25, -0.2) is 0 Å². The maximum absolute atomic E-state index is 11.0. The summed E-state index contributed by atoms with van der Waals surface area (Å²) in [6.07, 6.45) is 2.70.